The summed E-state index contributed by atoms with van der Waals surface area (Å²) in [5.74, 6) is -0.124. The van der Waals surface area contributed by atoms with E-state index in [1.807, 2.05) is 18.2 Å². The number of carboxylic acid groups (broad SMARTS) is 1. The second-order valence-electron chi connectivity index (χ2n) is 6.70. The van der Waals surface area contributed by atoms with E-state index in [1.54, 1.807) is 0 Å². The highest BCUT2D eigenvalue weighted by molar-refractivity contribution is 5.85. The molecule has 0 aliphatic heterocycles. The maximum atomic E-state index is 12.4. The van der Waals surface area contributed by atoms with Gasteiger partial charge in [-0.3, -0.25) is 4.79 Å². The number of amides is 1. The molecule has 2 saturated carbocycles. The number of aliphatic carboxylic acids is 1. The molecule has 1 aromatic carbocycles. The van der Waals surface area contributed by atoms with Crippen LogP contribution >= 0.6 is 0 Å². The van der Waals surface area contributed by atoms with Crippen molar-refractivity contribution in [2.24, 2.45) is 11.8 Å². The van der Waals surface area contributed by atoms with E-state index in [2.05, 4.69) is 17.4 Å². The number of nitrogens with one attached hydrogen (secondary N) is 1. The van der Waals surface area contributed by atoms with Crippen molar-refractivity contribution in [1.82, 2.24) is 5.32 Å². The van der Waals surface area contributed by atoms with E-state index in [0.29, 0.717) is 18.3 Å². The molecule has 2 fully saturated rings. The Morgan fingerprint density at radius 1 is 1.14 bits per heavy atom. The van der Waals surface area contributed by atoms with Gasteiger partial charge in [0.1, 0.15) is 6.04 Å². The van der Waals surface area contributed by atoms with Gasteiger partial charge < -0.3 is 10.4 Å². The Balaban J connectivity index is 1.55. The number of carbonyl (C=O) groups is 2. The predicted octanol–water partition coefficient (Wildman–Crippen LogP) is 2.94. The predicted molar refractivity (Wildman–Crippen MR) is 83.4 cm³/mol. The molecule has 1 aromatic rings. The molecular weight excluding hydrogens is 278 g/mol. The van der Waals surface area contributed by atoms with Gasteiger partial charge in [0.2, 0.25) is 5.91 Å². The smallest absolute Gasteiger partial charge is 0.326 e. The first kappa shape index (κ1) is 15.1. The zero-order valence-corrected chi connectivity index (χ0v) is 12.7. The summed E-state index contributed by atoms with van der Waals surface area (Å²) in [6, 6.07) is 9.56. The van der Waals surface area contributed by atoms with Crippen LogP contribution in [-0.2, 0) is 9.59 Å². The molecule has 0 spiro atoms. The first-order valence-corrected chi connectivity index (χ1v) is 8.21. The standard InChI is InChI=1S/C18H23NO3/c20-17(19-16(18(21)22)10-12-6-7-12)15-9-8-14(11-15)13-4-2-1-3-5-13/h1-5,12,14-16H,6-11H2,(H,19,20)(H,21,22)/t14-,15-,16?/m1/s1. The Morgan fingerprint density at radius 2 is 1.86 bits per heavy atom. The zero-order valence-electron chi connectivity index (χ0n) is 12.7. The molecule has 2 N–H and O–H groups in total. The molecule has 4 heteroatoms. The highest BCUT2D eigenvalue weighted by atomic mass is 16.4. The summed E-state index contributed by atoms with van der Waals surface area (Å²) >= 11 is 0. The zero-order chi connectivity index (χ0) is 15.5. The molecule has 4 nitrogen and oxygen atoms in total. The first-order valence-electron chi connectivity index (χ1n) is 8.21. The van der Waals surface area contributed by atoms with Gasteiger partial charge in [-0.1, -0.05) is 43.2 Å². The lowest BCUT2D eigenvalue weighted by Gasteiger charge is -2.17. The molecule has 0 radical (unpaired) electrons. The van der Waals surface area contributed by atoms with Gasteiger partial charge >= 0.3 is 5.97 Å². The molecule has 0 bridgehead atoms. The van der Waals surface area contributed by atoms with Crippen LogP contribution in [0.3, 0.4) is 0 Å². The summed E-state index contributed by atoms with van der Waals surface area (Å²) in [4.78, 5) is 23.6. The molecule has 22 heavy (non-hydrogen) atoms. The van der Waals surface area contributed by atoms with Gasteiger partial charge in [0.15, 0.2) is 0 Å². The van der Waals surface area contributed by atoms with Crippen LogP contribution in [0, 0.1) is 11.8 Å². The Hall–Kier alpha value is -1.84. The Bertz CT molecular complexity index is 539. The Morgan fingerprint density at radius 3 is 2.50 bits per heavy atom. The van der Waals surface area contributed by atoms with Gasteiger partial charge in [0, 0.05) is 5.92 Å². The fraction of sp³-hybridized carbons (Fsp3) is 0.556. The molecule has 3 rings (SSSR count). The van der Waals surface area contributed by atoms with Gasteiger partial charge in [-0.25, -0.2) is 4.79 Å². The Kier molecular flexibility index (Phi) is 4.46. The lowest BCUT2D eigenvalue weighted by Crippen LogP contribution is -2.43. The van der Waals surface area contributed by atoms with E-state index in [-0.39, 0.29) is 11.8 Å². The number of benzene rings is 1. The van der Waals surface area contributed by atoms with Gasteiger partial charge in [-0.05, 0) is 43.1 Å². The molecular formula is C18H23NO3. The molecule has 118 valence electrons. The summed E-state index contributed by atoms with van der Waals surface area (Å²) in [6.07, 6.45) is 5.45. The summed E-state index contributed by atoms with van der Waals surface area (Å²) in [5.41, 5.74) is 1.28. The topological polar surface area (TPSA) is 66.4 Å². The van der Waals surface area contributed by atoms with Crippen molar-refractivity contribution in [1.29, 1.82) is 0 Å². The summed E-state index contributed by atoms with van der Waals surface area (Å²) < 4.78 is 0. The number of carbonyl (C=O) groups excluding carboxylic acids is 1. The van der Waals surface area contributed by atoms with E-state index >= 15 is 0 Å². The van der Waals surface area contributed by atoms with E-state index in [9.17, 15) is 14.7 Å². The first-order chi connectivity index (χ1) is 10.6. The largest absolute Gasteiger partial charge is 0.480 e. The minimum atomic E-state index is -0.905. The van der Waals surface area contributed by atoms with Crippen molar-refractivity contribution < 1.29 is 14.7 Å². The van der Waals surface area contributed by atoms with E-state index in [0.717, 1.165) is 32.1 Å². The third-order valence-electron chi connectivity index (χ3n) is 4.95. The lowest BCUT2D eigenvalue weighted by molar-refractivity contribution is -0.142. The summed E-state index contributed by atoms with van der Waals surface area (Å²) in [7, 11) is 0. The molecule has 1 unspecified atom stereocenters. The highest BCUT2D eigenvalue weighted by Gasteiger charge is 2.35. The molecule has 3 atom stereocenters. The average Bonchev–Trinajstić information content (AvgIpc) is 3.20. The maximum Gasteiger partial charge on any atom is 0.326 e. The van der Waals surface area contributed by atoms with Crippen molar-refractivity contribution in [2.45, 2.75) is 50.5 Å². The normalized spacial score (nSPS) is 25.6. The second-order valence-corrected chi connectivity index (χ2v) is 6.70. The monoisotopic (exact) mass is 301 g/mol. The van der Waals surface area contributed by atoms with Crippen molar-refractivity contribution in [2.75, 3.05) is 0 Å². The van der Waals surface area contributed by atoms with E-state index in [1.165, 1.54) is 5.56 Å². The van der Waals surface area contributed by atoms with Gasteiger partial charge in [0.05, 0.1) is 0 Å². The fourth-order valence-corrected chi connectivity index (χ4v) is 3.45. The van der Waals surface area contributed by atoms with Crippen molar-refractivity contribution in [3.63, 3.8) is 0 Å². The van der Waals surface area contributed by atoms with Crippen LogP contribution in [0.15, 0.2) is 30.3 Å². The van der Waals surface area contributed by atoms with Crippen LogP contribution in [0.4, 0.5) is 0 Å². The third-order valence-corrected chi connectivity index (χ3v) is 4.95. The number of rotatable bonds is 6. The van der Waals surface area contributed by atoms with Crippen molar-refractivity contribution in [3.05, 3.63) is 35.9 Å². The number of carboxylic acids is 1. The van der Waals surface area contributed by atoms with E-state index in [4.69, 9.17) is 0 Å². The lowest BCUT2D eigenvalue weighted by atomic mass is 9.96. The average molecular weight is 301 g/mol. The van der Waals surface area contributed by atoms with Gasteiger partial charge in [-0.15, -0.1) is 0 Å². The molecule has 2 aliphatic rings. The van der Waals surface area contributed by atoms with Crippen LogP contribution in [0.1, 0.15) is 50.0 Å². The number of hydrogen-bond donors (Lipinski definition) is 2. The molecule has 1 amide bonds. The minimum Gasteiger partial charge on any atom is -0.480 e. The summed E-state index contributed by atoms with van der Waals surface area (Å²) in [5, 5.41) is 12.0. The fourth-order valence-electron chi connectivity index (χ4n) is 3.45. The van der Waals surface area contributed by atoms with Gasteiger partial charge in [-0.2, -0.15) is 0 Å². The quantitative estimate of drug-likeness (QED) is 0.849. The number of hydrogen-bond acceptors (Lipinski definition) is 2. The molecule has 0 heterocycles. The Labute approximate surface area is 130 Å². The van der Waals surface area contributed by atoms with Crippen LogP contribution in [0.5, 0.6) is 0 Å². The van der Waals surface area contributed by atoms with E-state index < -0.39 is 12.0 Å². The van der Waals surface area contributed by atoms with Crippen LogP contribution in [0.25, 0.3) is 0 Å². The molecule has 0 saturated heterocycles. The minimum absolute atomic E-state index is 0.0498. The van der Waals surface area contributed by atoms with Gasteiger partial charge in [0.25, 0.3) is 0 Å². The third kappa shape index (κ3) is 3.67. The van der Waals surface area contributed by atoms with Crippen LogP contribution < -0.4 is 5.32 Å². The SMILES string of the molecule is O=C(O)C(CC1CC1)NC(=O)[C@@H]1CC[C@@H](c2ccccc2)C1. The maximum absolute atomic E-state index is 12.4. The second kappa shape index (κ2) is 6.51. The summed E-state index contributed by atoms with van der Waals surface area (Å²) in [6.45, 7) is 0. The van der Waals surface area contributed by atoms with Crippen molar-refractivity contribution in [3.8, 4) is 0 Å². The molecule has 0 aromatic heterocycles. The highest BCUT2D eigenvalue weighted by Crippen LogP contribution is 2.38. The van der Waals surface area contributed by atoms with Crippen LogP contribution in [-0.4, -0.2) is 23.0 Å². The van der Waals surface area contributed by atoms with Crippen LogP contribution in [0.2, 0.25) is 0 Å². The van der Waals surface area contributed by atoms with Crippen molar-refractivity contribution >= 4 is 11.9 Å². The molecule has 2 aliphatic carbocycles.